The molecule has 0 unspecified atom stereocenters. The lowest BCUT2D eigenvalue weighted by Crippen LogP contribution is -2.33. The van der Waals surface area contributed by atoms with Crippen LogP contribution in [0.4, 0.5) is 0 Å². The molecular weight excluding hydrogens is 210 g/mol. The summed E-state index contributed by atoms with van der Waals surface area (Å²) in [6, 6.07) is 2.07. The van der Waals surface area contributed by atoms with Gasteiger partial charge in [-0.05, 0) is 36.8 Å². The van der Waals surface area contributed by atoms with Crippen LogP contribution in [0.1, 0.15) is 23.3 Å². The van der Waals surface area contributed by atoms with Crippen molar-refractivity contribution in [2.45, 2.75) is 32.4 Å². The Morgan fingerprint density at radius 3 is 3.20 bits per heavy atom. The van der Waals surface area contributed by atoms with Crippen LogP contribution in [0.25, 0.3) is 0 Å². The fourth-order valence-electron chi connectivity index (χ4n) is 1.65. The van der Waals surface area contributed by atoms with E-state index in [1.54, 1.807) is 11.3 Å². The fraction of sp³-hybridized carbons (Fsp3) is 0.545. The molecule has 1 aromatic rings. The van der Waals surface area contributed by atoms with Gasteiger partial charge in [0.05, 0.1) is 6.54 Å². The monoisotopic (exact) mass is 225 g/mol. The number of hydrogen-bond acceptors (Lipinski definition) is 3. The van der Waals surface area contributed by atoms with Crippen LogP contribution in [-0.2, 0) is 16.1 Å². The summed E-state index contributed by atoms with van der Waals surface area (Å²) in [4.78, 5) is 12.8. The highest BCUT2D eigenvalue weighted by atomic mass is 32.1. The number of rotatable bonds is 3. The van der Waals surface area contributed by atoms with Gasteiger partial charge in [0.1, 0.15) is 6.10 Å². The lowest BCUT2D eigenvalue weighted by Gasteiger charge is -2.09. The van der Waals surface area contributed by atoms with E-state index in [0.29, 0.717) is 6.54 Å². The number of thiophene rings is 1. The summed E-state index contributed by atoms with van der Waals surface area (Å²) >= 11 is 1.68. The van der Waals surface area contributed by atoms with Gasteiger partial charge >= 0.3 is 0 Å². The molecule has 2 rings (SSSR count). The van der Waals surface area contributed by atoms with Crippen molar-refractivity contribution in [2.75, 3.05) is 6.61 Å². The van der Waals surface area contributed by atoms with Gasteiger partial charge in [-0.2, -0.15) is 0 Å². The Bertz CT molecular complexity index is 342. The summed E-state index contributed by atoms with van der Waals surface area (Å²) in [6.07, 6.45) is 1.64. The average Bonchev–Trinajstić information content (AvgIpc) is 2.85. The summed E-state index contributed by atoms with van der Waals surface area (Å²) in [7, 11) is 0. The number of carbonyl (C=O) groups is 1. The van der Waals surface area contributed by atoms with E-state index in [1.807, 2.05) is 5.38 Å². The second kappa shape index (κ2) is 4.77. The lowest BCUT2D eigenvalue weighted by molar-refractivity contribution is -0.130. The molecule has 1 atom stereocenters. The van der Waals surface area contributed by atoms with Gasteiger partial charge in [0.25, 0.3) is 0 Å². The third-order valence-corrected chi connectivity index (χ3v) is 3.64. The van der Waals surface area contributed by atoms with Crippen LogP contribution >= 0.6 is 11.3 Å². The highest BCUT2D eigenvalue weighted by Gasteiger charge is 2.23. The van der Waals surface area contributed by atoms with Gasteiger partial charge in [0.15, 0.2) is 0 Å². The van der Waals surface area contributed by atoms with Gasteiger partial charge in [-0.1, -0.05) is 0 Å². The van der Waals surface area contributed by atoms with Crippen LogP contribution in [0.15, 0.2) is 11.4 Å². The van der Waals surface area contributed by atoms with E-state index in [-0.39, 0.29) is 12.0 Å². The van der Waals surface area contributed by atoms with Crippen molar-refractivity contribution in [1.82, 2.24) is 5.32 Å². The lowest BCUT2D eigenvalue weighted by atomic mass is 10.2. The maximum atomic E-state index is 11.6. The summed E-state index contributed by atoms with van der Waals surface area (Å²) in [5.74, 6) is 0.0281. The van der Waals surface area contributed by atoms with Gasteiger partial charge in [0, 0.05) is 11.5 Å². The topological polar surface area (TPSA) is 38.3 Å². The molecule has 82 valence electrons. The first-order valence-electron chi connectivity index (χ1n) is 5.19. The van der Waals surface area contributed by atoms with Crippen molar-refractivity contribution >= 4 is 17.2 Å². The van der Waals surface area contributed by atoms with E-state index in [9.17, 15) is 4.79 Å². The van der Waals surface area contributed by atoms with Crippen molar-refractivity contribution in [3.05, 3.63) is 21.9 Å². The van der Waals surface area contributed by atoms with Crippen LogP contribution in [-0.4, -0.2) is 18.6 Å². The Hall–Kier alpha value is -0.870. The predicted octanol–water partition coefficient (Wildman–Crippen LogP) is 1.85. The minimum atomic E-state index is -0.217. The van der Waals surface area contributed by atoms with E-state index in [0.717, 1.165) is 19.4 Å². The normalized spacial score (nSPS) is 20.5. The molecular formula is C11H15NO2S. The second-order valence-corrected chi connectivity index (χ2v) is 4.75. The fourth-order valence-corrected chi connectivity index (χ4v) is 2.50. The first-order chi connectivity index (χ1) is 7.27. The van der Waals surface area contributed by atoms with E-state index in [4.69, 9.17) is 4.74 Å². The van der Waals surface area contributed by atoms with Crippen LogP contribution in [0.5, 0.6) is 0 Å². The molecule has 0 radical (unpaired) electrons. The van der Waals surface area contributed by atoms with Crippen molar-refractivity contribution in [2.24, 2.45) is 0 Å². The number of aryl methyl sites for hydroxylation is 1. The van der Waals surface area contributed by atoms with Crippen LogP contribution < -0.4 is 5.32 Å². The molecule has 3 nitrogen and oxygen atoms in total. The molecule has 1 saturated heterocycles. The first-order valence-corrected chi connectivity index (χ1v) is 6.07. The Morgan fingerprint density at radius 1 is 1.73 bits per heavy atom. The quantitative estimate of drug-likeness (QED) is 0.852. The molecule has 0 saturated carbocycles. The van der Waals surface area contributed by atoms with Gasteiger partial charge in [0.2, 0.25) is 5.91 Å². The van der Waals surface area contributed by atoms with Crippen molar-refractivity contribution in [3.8, 4) is 0 Å². The minimum Gasteiger partial charge on any atom is -0.368 e. The molecule has 1 aliphatic rings. The third kappa shape index (κ3) is 2.58. The van der Waals surface area contributed by atoms with E-state index < -0.39 is 0 Å². The van der Waals surface area contributed by atoms with E-state index in [1.165, 1.54) is 10.4 Å². The molecule has 15 heavy (non-hydrogen) atoms. The smallest absolute Gasteiger partial charge is 0.249 e. The summed E-state index contributed by atoms with van der Waals surface area (Å²) < 4.78 is 5.31. The minimum absolute atomic E-state index is 0.0281. The molecule has 0 aromatic carbocycles. The molecule has 1 amide bonds. The van der Waals surface area contributed by atoms with Crippen LogP contribution in [0.2, 0.25) is 0 Å². The number of amides is 1. The maximum Gasteiger partial charge on any atom is 0.249 e. The van der Waals surface area contributed by atoms with Crippen molar-refractivity contribution in [1.29, 1.82) is 0 Å². The standard InChI is InChI=1S/C11H15NO2S/c1-8-4-6-15-10(8)7-12-11(13)9-3-2-5-14-9/h4,6,9H,2-3,5,7H2,1H3,(H,12,13)/t9-/m1/s1. The molecule has 1 aromatic heterocycles. The highest BCUT2D eigenvalue weighted by molar-refractivity contribution is 7.10. The van der Waals surface area contributed by atoms with E-state index in [2.05, 4.69) is 18.3 Å². The zero-order valence-corrected chi connectivity index (χ0v) is 9.60. The molecule has 0 bridgehead atoms. The van der Waals surface area contributed by atoms with Crippen LogP contribution in [0.3, 0.4) is 0 Å². The SMILES string of the molecule is Cc1ccsc1CNC(=O)[C@H]1CCCO1. The Kier molecular flexibility index (Phi) is 3.38. The molecule has 4 heteroatoms. The molecule has 1 fully saturated rings. The van der Waals surface area contributed by atoms with Gasteiger partial charge in [-0.25, -0.2) is 0 Å². The van der Waals surface area contributed by atoms with Crippen molar-refractivity contribution < 1.29 is 9.53 Å². The largest absolute Gasteiger partial charge is 0.368 e. The zero-order chi connectivity index (χ0) is 10.7. The first kappa shape index (κ1) is 10.6. The van der Waals surface area contributed by atoms with Crippen LogP contribution in [0, 0.1) is 6.92 Å². The van der Waals surface area contributed by atoms with E-state index >= 15 is 0 Å². The summed E-state index contributed by atoms with van der Waals surface area (Å²) in [5.41, 5.74) is 1.24. The molecule has 0 spiro atoms. The zero-order valence-electron chi connectivity index (χ0n) is 8.79. The molecule has 0 aliphatic carbocycles. The number of carbonyl (C=O) groups excluding carboxylic acids is 1. The molecule has 1 aliphatic heterocycles. The summed E-state index contributed by atoms with van der Waals surface area (Å²) in [6.45, 7) is 3.41. The highest BCUT2D eigenvalue weighted by Crippen LogP contribution is 2.16. The second-order valence-electron chi connectivity index (χ2n) is 3.75. The Morgan fingerprint density at radius 2 is 2.60 bits per heavy atom. The van der Waals surface area contributed by atoms with Gasteiger partial charge < -0.3 is 10.1 Å². The summed E-state index contributed by atoms with van der Waals surface area (Å²) in [5, 5.41) is 4.96. The predicted molar refractivity (Wildman–Crippen MR) is 59.9 cm³/mol. The number of hydrogen-bond donors (Lipinski definition) is 1. The Labute approximate surface area is 93.4 Å². The van der Waals surface area contributed by atoms with Crippen molar-refractivity contribution in [3.63, 3.8) is 0 Å². The third-order valence-electron chi connectivity index (χ3n) is 2.61. The van der Waals surface area contributed by atoms with Gasteiger partial charge in [-0.3, -0.25) is 4.79 Å². The average molecular weight is 225 g/mol. The molecule has 1 N–H and O–H groups in total. The number of ether oxygens (including phenoxy) is 1. The maximum absolute atomic E-state index is 11.6. The molecule has 2 heterocycles. The Balaban J connectivity index is 1.83. The van der Waals surface area contributed by atoms with Gasteiger partial charge in [-0.15, -0.1) is 11.3 Å². The number of nitrogens with one attached hydrogen (secondary N) is 1.